The zero-order valence-electron chi connectivity index (χ0n) is 9.27. The molecule has 1 heterocycles. The Kier molecular flexibility index (Phi) is 4.45. The number of rotatable bonds is 6. The number of carbonyl (C=O) groups is 1. The van der Waals surface area contributed by atoms with Gasteiger partial charge in [-0.15, -0.1) is 0 Å². The molecule has 0 atom stereocenters. The summed E-state index contributed by atoms with van der Waals surface area (Å²) in [6.45, 7) is 2.72. The van der Waals surface area contributed by atoms with E-state index in [-0.39, 0.29) is 12.2 Å². The molecule has 0 bridgehead atoms. The standard InChI is InChI=1S/C10H16N2O3/c1-4-12-7-8(6-11-12)9(13)5-10(14-2)15-3/h6-7,10H,4-5H2,1-3H3. The summed E-state index contributed by atoms with van der Waals surface area (Å²) < 4.78 is 11.6. The van der Waals surface area contributed by atoms with E-state index < -0.39 is 6.29 Å². The van der Waals surface area contributed by atoms with E-state index in [1.807, 2.05) is 6.92 Å². The van der Waals surface area contributed by atoms with E-state index in [1.165, 1.54) is 14.2 Å². The Labute approximate surface area is 89.0 Å². The van der Waals surface area contributed by atoms with E-state index in [1.54, 1.807) is 17.1 Å². The van der Waals surface area contributed by atoms with Crippen LogP contribution in [0, 0.1) is 0 Å². The molecule has 0 aromatic carbocycles. The second kappa shape index (κ2) is 5.63. The van der Waals surface area contributed by atoms with Crippen molar-refractivity contribution in [3.63, 3.8) is 0 Å². The van der Waals surface area contributed by atoms with Crippen molar-refractivity contribution in [3.05, 3.63) is 18.0 Å². The number of ketones is 1. The van der Waals surface area contributed by atoms with Crippen LogP contribution in [0.15, 0.2) is 12.4 Å². The fraction of sp³-hybridized carbons (Fsp3) is 0.600. The largest absolute Gasteiger partial charge is 0.355 e. The highest BCUT2D eigenvalue weighted by Crippen LogP contribution is 2.07. The van der Waals surface area contributed by atoms with Crippen LogP contribution in [-0.2, 0) is 16.0 Å². The quantitative estimate of drug-likeness (QED) is 0.523. The van der Waals surface area contributed by atoms with Gasteiger partial charge in [0.15, 0.2) is 12.1 Å². The number of methoxy groups -OCH3 is 2. The number of aryl methyl sites for hydroxylation is 1. The Bertz CT molecular complexity index is 318. The molecule has 0 saturated heterocycles. The molecule has 1 aromatic heterocycles. The molecule has 5 nitrogen and oxygen atoms in total. The topological polar surface area (TPSA) is 53.4 Å². The summed E-state index contributed by atoms with van der Waals surface area (Å²) in [5.74, 6) is -0.0246. The highest BCUT2D eigenvalue weighted by molar-refractivity contribution is 5.95. The molecule has 1 rings (SSSR count). The second-order valence-electron chi connectivity index (χ2n) is 3.11. The minimum absolute atomic E-state index is 0.0246. The predicted molar refractivity (Wildman–Crippen MR) is 54.7 cm³/mol. The molecule has 15 heavy (non-hydrogen) atoms. The Morgan fingerprint density at radius 1 is 1.53 bits per heavy atom. The summed E-state index contributed by atoms with van der Waals surface area (Å²) in [5.41, 5.74) is 0.593. The summed E-state index contributed by atoms with van der Waals surface area (Å²) in [4.78, 5) is 11.7. The molecule has 0 aliphatic rings. The fourth-order valence-corrected chi connectivity index (χ4v) is 1.21. The van der Waals surface area contributed by atoms with Crippen LogP contribution in [0.5, 0.6) is 0 Å². The molecule has 0 N–H and O–H groups in total. The first kappa shape index (κ1) is 11.9. The van der Waals surface area contributed by atoms with Crippen molar-refractivity contribution in [1.29, 1.82) is 0 Å². The first-order valence-corrected chi connectivity index (χ1v) is 4.82. The zero-order valence-corrected chi connectivity index (χ0v) is 9.27. The lowest BCUT2D eigenvalue weighted by Gasteiger charge is -2.11. The zero-order chi connectivity index (χ0) is 11.3. The summed E-state index contributed by atoms with van der Waals surface area (Å²) >= 11 is 0. The van der Waals surface area contributed by atoms with Gasteiger partial charge in [0.1, 0.15) is 0 Å². The minimum Gasteiger partial charge on any atom is -0.355 e. The minimum atomic E-state index is -0.484. The third-order valence-corrected chi connectivity index (χ3v) is 2.16. The molecule has 1 aromatic rings. The van der Waals surface area contributed by atoms with Gasteiger partial charge in [-0.3, -0.25) is 9.48 Å². The number of Topliss-reactive ketones (excluding diaryl/α,β-unsaturated/α-hetero) is 1. The third kappa shape index (κ3) is 3.14. The highest BCUT2D eigenvalue weighted by atomic mass is 16.7. The van der Waals surface area contributed by atoms with Crippen LogP contribution < -0.4 is 0 Å². The lowest BCUT2D eigenvalue weighted by atomic mass is 10.2. The number of carbonyl (C=O) groups excluding carboxylic acids is 1. The summed E-state index contributed by atoms with van der Waals surface area (Å²) in [7, 11) is 3.02. The molecule has 0 amide bonds. The van der Waals surface area contributed by atoms with Crippen molar-refractivity contribution in [2.45, 2.75) is 26.2 Å². The SMILES string of the molecule is CCn1cc(C(=O)CC(OC)OC)cn1. The summed E-state index contributed by atoms with van der Waals surface area (Å²) in [5, 5.41) is 4.03. The van der Waals surface area contributed by atoms with Crippen LogP contribution in [-0.4, -0.2) is 36.1 Å². The van der Waals surface area contributed by atoms with E-state index in [2.05, 4.69) is 5.10 Å². The highest BCUT2D eigenvalue weighted by Gasteiger charge is 2.15. The fourth-order valence-electron chi connectivity index (χ4n) is 1.21. The van der Waals surface area contributed by atoms with Gasteiger partial charge in [-0.2, -0.15) is 5.10 Å². The molecule has 0 unspecified atom stereocenters. The number of ether oxygens (including phenoxy) is 2. The number of hydrogen-bond donors (Lipinski definition) is 0. The van der Waals surface area contributed by atoms with Crippen molar-refractivity contribution in [2.75, 3.05) is 14.2 Å². The number of nitrogens with zero attached hydrogens (tertiary/aromatic N) is 2. The molecule has 0 aliphatic carbocycles. The molecular formula is C10H16N2O3. The Morgan fingerprint density at radius 2 is 2.20 bits per heavy atom. The van der Waals surface area contributed by atoms with Crippen LogP contribution in [0.2, 0.25) is 0 Å². The van der Waals surface area contributed by atoms with E-state index in [4.69, 9.17) is 9.47 Å². The Morgan fingerprint density at radius 3 is 2.67 bits per heavy atom. The van der Waals surface area contributed by atoms with E-state index >= 15 is 0 Å². The van der Waals surface area contributed by atoms with Crippen molar-refractivity contribution >= 4 is 5.78 Å². The predicted octanol–water partition coefficient (Wildman–Crippen LogP) is 1.09. The lowest BCUT2D eigenvalue weighted by molar-refractivity contribution is -0.0993. The van der Waals surface area contributed by atoms with Crippen molar-refractivity contribution in [3.8, 4) is 0 Å². The molecule has 0 spiro atoms. The maximum absolute atomic E-state index is 11.7. The van der Waals surface area contributed by atoms with E-state index in [0.717, 1.165) is 6.54 Å². The average molecular weight is 212 g/mol. The van der Waals surface area contributed by atoms with Crippen LogP contribution >= 0.6 is 0 Å². The Hall–Kier alpha value is -1.20. The van der Waals surface area contributed by atoms with Crippen LogP contribution in [0.1, 0.15) is 23.7 Å². The maximum atomic E-state index is 11.7. The van der Waals surface area contributed by atoms with E-state index in [9.17, 15) is 4.79 Å². The molecular weight excluding hydrogens is 196 g/mol. The molecule has 0 saturated carbocycles. The van der Waals surface area contributed by atoms with Gasteiger partial charge in [-0.1, -0.05) is 0 Å². The number of aromatic nitrogens is 2. The second-order valence-corrected chi connectivity index (χ2v) is 3.11. The smallest absolute Gasteiger partial charge is 0.171 e. The molecule has 0 fully saturated rings. The maximum Gasteiger partial charge on any atom is 0.171 e. The van der Waals surface area contributed by atoms with Crippen molar-refractivity contribution in [2.24, 2.45) is 0 Å². The van der Waals surface area contributed by atoms with Gasteiger partial charge in [-0.25, -0.2) is 0 Å². The molecule has 0 aliphatic heterocycles. The lowest BCUT2D eigenvalue weighted by Crippen LogP contribution is -2.17. The molecule has 0 radical (unpaired) electrons. The van der Waals surface area contributed by atoms with Crippen LogP contribution in [0.3, 0.4) is 0 Å². The van der Waals surface area contributed by atoms with Gasteiger partial charge in [-0.05, 0) is 6.92 Å². The summed E-state index contributed by atoms with van der Waals surface area (Å²) in [6, 6.07) is 0. The normalized spacial score (nSPS) is 10.9. The van der Waals surface area contributed by atoms with Gasteiger partial charge in [0, 0.05) is 27.0 Å². The van der Waals surface area contributed by atoms with Gasteiger partial charge in [0.25, 0.3) is 0 Å². The van der Waals surface area contributed by atoms with Crippen LogP contribution in [0.4, 0.5) is 0 Å². The molecule has 5 heteroatoms. The van der Waals surface area contributed by atoms with Crippen molar-refractivity contribution < 1.29 is 14.3 Å². The van der Waals surface area contributed by atoms with Gasteiger partial charge >= 0.3 is 0 Å². The first-order chi connectivity index (χ1) is 7.21. The average Bonchev–Trinajstić information content (AvgIpc) is 2.74. The molecule has 84 valence electrons. The first-order valence-electron chi connectivity index (χ1n) is 4.82. The van der Waals surface area contributed by atoms with Gasteiger partial charge < -0.3 is 9.47 Å². The van der Waals surface area contributed by atoms with Crippen molar-refractivity contribution in [1.82, 2.24) is 9.78 Å². The van der Waals surface area contributed by atoms with Gasteiger partial charge in [0.05, 0.1) is 18.2 Å². The van der Waals surface area contributed by atoms with Gasteiger partial charge in [0.2, 0.25) is 0 Å². The van der Waals surface area contributed by atoms with Crippen LogP contribution in [0.25, 0.3) is 0 Å². The Balaban J connectivity index is 2.60. The summed E-state index contributed by atoms with van der Waals surface area (Å²) in [6.07, 6.45) is 3.02. The van der Waals surface area contributed by atoms with E-state index in [0.29, 0.717) is 5.56 Å². The third-order valence-electron chi connectivity index (χ3n) is 2.16. The monoisotopic (exact) mass is 212 g/mol. The number of hydrogen-bond acceptors (Lipinski definition) is 4.